The van der Waals surface area contributed by atoms with Crippen LogP contribution in [0.5, 0.6) is 5.75 Å². The van der Waals surface area contributed by atoms with Crippen LogP contribution in [-0.2, 0) is 40.4 Å². The zero-order chi connectivity index (χ0) is 26.6. The van der Waals surface area contributed by atoms with Gasteiger partial charge < -0.3 is 15.4 Å². The lowest BCUT2D eigenvalue weighted by atomic mass is 9.85. The van der Waals surface area contributed by atoms with E-state index in [9.17, 15) is 31.2 Å². The first-order valence-corrected chi connectivity index (χ1v) is 14.1. The van der Waals surface area contributed by atoms with Crippen molar-refractivity contribution in [3.05, 3.63) is 40.6 Å². The van der Waals surface area contributed by atoms with Gasteiger partial charge >= 0.3 is 6.18 Å². The average Bonchev–Trinajstić information content (AvgIpc) is 3.44. The van der Waals surface area contributed by atoms with E-state index in [1.54, 1.807) is 16.8 Å². The number of ether oxygens (including phenoxy) is 1. The summed E-state index contributed by atoms with van der Waals surface area (Å²) in [5.41, 5.74) is 1.69. The summed E-state index contributed by atoms with van der Waals surface area (Å²) in [6.07, 6.45) is 0.794. The van der Waals surface area contributed by atoms with Crippen molar-refractivity contribution < 1.29 is 35.9 Å². The van der Waals surface area contributed by atoms with Crippen LogP contribution in [0.25, 0.3) is 0 Å². The third kappa shape index (κ3) is 5.91. The molecule has 5 rings (SSSR count). The summed E-state index contributed by atoms with van der Waals surface area (Å²) in [5, 5.41) is 10.3. The summed E-state index contributed by atoms with van der Waals surface area (Å²) < 4.78 is 67.3. The number of aromatic nitrogens is 2. The Kier molecular flexibility index (Phi) is 6.24. The van der Waals surface area contributed by atoms with E-state index in [4.69, 9.17) is 4.74 Å². The molecule has 13 heteroatoms. The van der Waals surface area contributed by atoms with Gasteiger partial charge in [-0.25, -0.2) is 13.1 Å². The number of hydrogen-bond donors (Lipinski definition) is 2. The molecular weight excluding hydrogens is 513 g/mol. The van der Waals surface area contributed by atoms with Gasteiger partial charge in [0.1, 0.15) is 22.9 Å². The fraction of sp³-hybridized carbons (Fsp3) is 0.542. The second-order valence-corrected chi connectivity index (χ2v) is 12.5. The third-order valence-electron chi connectivity index (χ3n) is 6.87. The Morgan fingerprint density at radius 1 is 1.24 bits per heavy atom. The summed E-state index contributed by atoms with van der Waals surface area (Å²) in [7, 11) is -3.57. The fourth-order valence-electron chi connectivity index (χ4n) is 5.15. The number of fused-ring (bicyclic) bond motifs is 2. The molecule has 2 N–H and O–H groups in total. The van der Waals surface area contributed by atoms with Crippen LogP contribution in [0.1, 0.15) is 46.4 Å². The van der Waals surface area contributed by atoms with Crippen LogP contribution in [0.4, 0.5) is 19.0 Å². The molecule has 1 saturated carbocycles. The molecule has 0 saturated heterocycles. The lowest BCUT2D eigenvalue weighted by Gasteiger charge is -2.33. The Hall–Kier alpha value is -3.09. The van der Waals surface area contributed by atoms with Crippen molar-refractivity contribution in [3.63, 3.8) is 0 Å². The van der Waals surface area contributed by atoms with E-state index in [2.05, 4.69) is 15.7 Å². The van der Waals surface area contributed by atoms with E-state index in [1.807, 2.05) is 0 Å². The maximum Gasteiger partial charge on any atom is 0.422 e. The normalized spacial score (nSPS) is 20.9. The molecule has 200 valence electrons. The topological polar surface area (TPSA) is 119 Å². The van der Waals surface area contributed by atoms with Crippen molar-refractivity contribution >= 4 is 27.5 Å². The molecule has 1 atom stereocenters. The first-order chi connectivity index (χ1) is 17.3. The van der Waals surface area contributed by atoms with Gasteiger partial charge in [0.2, 0.25) is 5.91 Å². The van der Waals surface area contributed by atoms with Gasteiger partial charge in [0, 0.05) is 19.2 Å². The van der Waals surface area contributed by atoms with Gasteiger partial charge in [0.05, 0.1) is 11.2 Å². The molecule has 2 aliphatic carbocycles. The Bertz CT molecular complexity index is 1370. The SMILES string of the molecule is CS(=O)(=O)CC(=O)Nc1c2c(nn1CCC1CC1)CC1(Cc3ccc(OCC(F)(F)F)cc3C1)NC2=O. The summed E-state index contributed by atoms with van der Waals surface area (Å²) in [4.78, 5) is 25.8. The van der Waals surface area contributed by atoms with Gasteiger partial charge in [-0.1, -0.05) is 18.9 Å². The summed E-state index contributed by atoms with van der Waals surface area (Å²) in [6.45, 7) is -0.907. The fourth-order valence-corrected chi connectivity index (χ4v) is 5.70. The predicted octanol–water partition coefficient (Wildman–Crippen LogP) is 2.43. The largest absolute Gasteiger partial charge is 0.484 e. The van der Waals surface area contributed by atoms with Crippen molar-refractivity contribution in [2.24, 2.45) is 5.92 Å². The number of nitrogens with one attached hydrogen (secondary N) is 2. The second kappa shape index (κ2) is 9.03. The summed E-state index contributed by atoms with van der Waals surface area (Å²) in [5.74, 6) is -1.03. The van der Waals surface area contributed by atoms with E-state index in [0.717, 1.165) is 36.6 Å². The van der Waals surface area contributed by atoms with Gasteiger partial charge in [-0.2, -0.15) is 18.3 Å². The van der Waals surface area contributed by atoms with Gasteiger partial charge in [-0.15, -0.1) is 0 Å². The van der Waals surface area contributed by atoms with Gasteiger partial charge in [-0.05, 0) is 48.4 Å². The second-order valence-electron chi connectivity index (χ2n) is 10.3. The molecule has 1 aliphatic heterocycles. The first kappa shape index (κ1) is 25.6. The number of halogens is 3. The Morgan fingerprint density at radius 3 is 2.65 bits per heavy atom. The van der Waals surface area contributed by atoms with Crippen LogP contribution in [0.2, 0.25) is 0 Å². The van der Waals surface area contributed by atoms with E-state index >= 15 is 0 Å². The maximum atomic E-state index is 13.3. The number of carbonyl (C=O) groups is 2. The number of aryl methyl sites for hydroxylation is 1. The molecule has 0 radical (unpaired) electrons. The number of benzene rings is 1. The van der Waals surface area contributed by atoms with Crippen LogP contribution in [0.3, 0.4) is 0 Å². The van der Waals surface area contributed by atoms with Crippen LogP contribution in [-0.4, -0.2) is 60.3 Å². The van der Waals surface area contributed by atoms with Crippen LogP contribution in [0, 0.1) is 5.92 Å². The number of alkyl halides is 3. The molecule has 1 aromatic heterocycles. The number of hydrogen-bond acceptors (Lipinski definition) is 6. The van der Waals surface area contributed by atoms with Crippen molar-refractivity contribution in [1.82, 2.24) is 15.1 Å². The standard InChI is InChI=1S/C24H27F3N4O5S/c1-37(34,35)12-19(32)28-21-20-18(30-31(21)7-6-14-2-3-14)11-23(29-22(20)33)9-15-4-5-17(8-16(15)10-23)36-13-24(25,26)27/h4-5,8,14H,2-3,6-7,9-13H2,1H3,(H,28,32)(H,29,33). The summed E-state index contributed by atoms with van der Waals surface area (Å²) in [6, 6.07) is 4.77. The molecule has 1 fully saturated rings. The minimum Gasteiger partial charge on any atom is -0.484 e. The van der Waals surface area contributed by atoms with Crippen LogP contribution in [0.15, 0.2) is 18.2 Å². The van der Waals surface area contributed by atoms with Crippen molar-refractivity contribution in [3.8, 4) is 5.75 Å². The van der Waals surface area contributed by atoms with Crippen LogP contribution >= 0.6 is 0 Å². The number of rotatable bonds is 8. The molecule has 9 nitrogen and oxygen atoms in total. The van der Waals surface area contributed by atoms with Crippen LogP contribution < -0.4 is 15.4 Å². The number of nitrogens with zero attached hydrogens (tertiary/aromatic N) is 2. The van der Waals surface area contributed by atoms with Crippen molar-refractivity contribution in [2.75, 3.05) is 23.9 Å². The lowest BCUT2D eigenvalue weighted by Crippen LogP contribution is -2.54. The first-order valence-electron chi connectivity index (χ1n) is 12.0. The zero-order valence-electron chi connectivity index (χ0n) is 20.2. The Balaban J connectivity index is 1.39. The molecule has 3 aliphatic rings. The highest BCUT2D eigenvalue weighted by Gasteiger charge is 2.45. The van der Waals surface area contributed by atoms with Gasteiger partial charge in [-0.3, -0.25) is 9.59 Å². The molecule has 2 aromatic rings. The number of carbonyl (C=O) groups excluding carboxylic acids is 2. The minimum atomic E-state index is -4.44. The molecule has 1 aromatic carbocycles. The molecule has 37 heavy (non-hydrogen) atoms. The number of anilines is 1. The zero-order valence-corrected chi connectivity index (χ0v) is 21.0. The molecule has 1 spiro atoms. The van der Waals surface area contributed by atoms with E-state index in [1.165, 1.54) is 6.07 Å². The van der Waals surface area contributed by atoms with E-state index < -0.39 is 45.7 Å². The monoisotopic (exact) mass is 540 g/mol. The number of amides is 2. The minimum absolute atomic E-state index is 0.108. The van der Waals surface area contributed by atoms with Gasteiger partial charge in [0.15, 0.2) is 16.4 Å². The maximum absolute atomic E-state index is 13.3. The molecular formula is C24H27F3N4O5S. The van der Waals surface area contributed by atoms with E-state index in [0.29, 0.717) is 37.4 Å². The van der Waals surface area contributed by atoms with Crippen molar-refractivity contribution in [2.45, 2.75) is 56.8 Å². The highest BCUT2D eigenvalue weighted by atomic mass is 32.2. The van der Waals surface area contributed by atoms with Crippen molar-refractivity contribution in [1.29, 1.82) is 0 Å². The molecule has 2 amide bonds. The molecule has 0 bridgehead atoms. The Labute approximate surface area is 211 Å². The third-order valence-corrected chi connectivity index (χ3v) is 7.66. The number of sulfone groups is 1. The van der Waals surface area contributed by atoms with E-state index in [-0.39, 0.29) is 17.1 Å². The van der Waals surface area contributed by atoms with Gasteiger partial charge in [0.25, 0.3) is 5.91 Å². The highest BCUT2D eigenvalue weighted by Crippen LogP contribution is 2.40. The summed E-state index contributed by atoms with van der Waals surface area (Å²) >= 11 is 0. The quantitative estimate of drug-likeness (QED) is 0.531. The molecule has 1 unspecified atom stereocenters. The Morgan fingerprint density at radius 2 is 1.97 bits per heavy atom. The lowest BCUT2D eigenvalue weighted by molar-refractivity contribution is -0.153. The molecule has 2 heterocycles. The highest BCUT2D eigenvalue weighted by molar-refractivity contribution is 7.91. The predicted molar refractivity (Wildman–Crippen MR) is 127 cm³/mol. The average molecular weight is 541 g/mol. The smallest absolute Gasteiger partial charge is 0.422 e.